The number of nitrogens with zero attached hydrogens (tertiary/aromatic N) is 1. The maximum atomic E-state index is 12.8. The molecular formula is C25H22ClF3IN3O3. The van der Waals surface area contributed by atoms with E-state index in [1.165, 1.54) is 18.3 Å². The van der Waals surface area contributed by atoms with E-state index in [4.69, 9.17) is 21.1 Å². The van der Waals surface area contributed by atoms with Gasteiger partial charge in [-0.1, -0.05) is 29.8 Å². The summed E-state index contributed by atoms with van der Waals surface area (Å²) in [4.78, 5) is 12.1. The van der Waals surface area contributed by atoms with Crippen LogP contribution in [0.2, 0.25) is 5.02 Å². The number of amides is 1. The summed E-state index contributed by atoms with van der Waals surface area (Å²) in [7, 11) is 0. The number of alkyl halides is 3. The van der Waals surface area contributed by atoms with Crippen molar-refractivity contribution in [1.29, 1.82) is 0 Å². The first kappa shape index (κ1) is 27.6. The number of nitrogens with one attached hydrogen (secondary N) is 2. The maximum Gasteiger partial charge on any atom is 0.416 e. The zero-order chi connectivity index (χ0) is 26.1. The fraction of sp³-hybridized carbons (Fsp3) is 0.200. The molecule has 0 bridgehead atoms. The lowest BCUT2D eigenvalue weighted by atomic mass is 10.2. The Kier molecular flexibility index (Phi) is 9.82. The van der Waals surface area contributed by atoms with Gasteiger partial charge in [-0.05, 0) is 83.1 Å². The van der Waals surface area contributed by atoms with Crippen LogP contribution in [0.5, 0.6) is 11.5 Å². The van der Waals surface area contributed by atoms with E-state index in [0.29, 0.717) is 35.3 Å². The van der Waals surface area contributed by atoms with Crippen LogP contribution in [0.15, 0.2) is 65.8 Å². The van der Waals surface area contributed by atoms with E-state index >= 15 is 0 Å². The average molecular weight is 632 g/mol. The zero-order valence-corrected chi connectivity index (χ0v) is 21.9. The van der Waals surface area contributed by atoms with Crippen LogP contribution in [0.3, 0.4) is 0 Å². The summed E-state index contributed by atoms with van der Waals surface area (Å²) in [6.07, 6.45) is -3.02. The second-order valence-corrected chi connectivity index (χ2v) is 9.00. The number of benzene rings is 3. The number of rotatable bonds is 10. The predicted octanol–water partition coefficient (Wildman–Crippen LogP) is 6.50. The van der Waals surface area contributed by atoms with Gasteiger partial charge < -0.3 is 14.8 Å². The topological polar surface area (TPSA) is 72.0 Å². The standard InChI is InChI=1S/C25H22ClF3IN3O3/c1-2-35-22-11-17(10-21(30)24(22)36-15-16-6-8-19(26)9-7-16)13-32-33-23(34)14-31-20-5-3-4-18(12-20)25(27,28)29/h3-13,31H,2,14-15H2,1H3,(H,33,34)/b32-13-. The molecule has 0 aliphatic rings. The van der Waals surface area contributed by atoms with E-state index in [9.17, 15) is 18.0 Å². The quantitative estimate of drug-likeness (QED) is 0.152. The Morgan fingerprint density at radius 1 is 1.11 bits per heavy atom. The summed E-state index contributed by atoms with van der Waals surface area (Å²) in [6.45, 7) is 2.35. The van der Waals surface area contributed by atoms with E-state index in [1.54, 1.807) is 18.2 Å². The number of carbonyl (C=O) groups is 1. The van der Waals surface area contributed by atoms with Crippen molar-refractivity contribution < 1.29 is 27.4 Å². The largest absolute Gasteiger partial charge is 0.490 e. The van der Waals surface area contributed by atoms with Gasteiger partial charge in [-0.15, -0.1) is 0 Å². The Bertz CT molecular complexity index is 1220. The second kappa shape index (κ2) is 12.8. The molecule has 0 radical (unpaired) electrons. The van der Waals surface area contributed by atoms with Crippen molar-refractivity contribution in [2.45, 2.75) is 19.7 Å². The van der Waals surface area contributed by atoms with Crippen molar-refractivity contribution >= 4 is 52.0 Å². The Balaban J connectivity index is 1.59. The molecule has 0 fully saturated rings. The van der Waals surface area contributed by atoms with Crippen LogP contribution in [0.1, 0.15) is 23.6 Å². The molecule has 0 spiro atoms. The summed E-state index contributed by atoms with van der Waals surface area (Å²) in [5.41, 5.74) is 3.33. The van der Waals surface area contributed by atoms with Gasteiger partial charge in [-0.2, -0.15) is 18.3 Å². The highest BCUT2D eigenvalue weighted by Gasteiger charge is 2.30. The van der Waals surface area contributed by atoms with Crippen molar-refractivity contribution in [2.24, 2.45) is 5.10 Å². The van der Waals surface area contributed by atoms with Crippen LogP contribution in [0.4, 0.5) is 18.9 Å². The smallest absolute Gasteiger partial charge is 0.416 e. The van der Waals surface area contributed by atoms with Crippen LogP contribution < -0.4 is 20.2 Å². The van der Waals surface area contributed by atoms with Gasteiger partial charge in [-0.25, -0.2) is 5.43 Å². The molecule has 0 unspecified atom stereocenters. The number of hydrogen-bond acceptors (Lipinski definition) is 5. The summed E-state index contributed by atoms with van der Waals surface area (Å²) < 4.78 is 50.9. The van der Waals surface area contributed by atoms with E-state index in [-0.39, 0.29) is 12.2 Å². The van der Waals surface area contributed by atoms with Gasteiger partial charge in [0.25, 0.3) is 5.91 Å². The zero-order valence-electron chi connectivity index (χ0n) is 19.0. The van der Waals surface area contributed by atoms with Crippen LogP contribution in [-0.4, -0.2) is 25.3 Å². The number of hydrazone groups is 1. The number of hydrogen-bond donors (Lipinski definition) is 2. The molecule has 0 aliphatic heterocycles. The van der Waals surface area contributed by atoms with Crippen molar-refractivity contribution in [1.82, 2.24) is 5.43 Å². The van der Waals surface area contributed by atoms with Gasteiger partial charge in [0.1, 0.15) is 6.61 Å². The number of halogens is 5. The van der Waals surface area contributed by atoms with Crippen LogP contribution >= 0.6 is 34.2 Å². The normalized spacial score (nSPS) is 11.4. The first-order valence-electron chi connectivity index (χ1n) is 10.7. The molecule has 36 heavy (non-hydrogen) atoms. The fourth-order valence-corrected chi connectivity index (χ4v) is 3.91. The van der Waals surface area contributed by atoms with Gasteiger partial charge in [0.15, 0.2) is 11.5 Å². The molecule has 0 saturated heterocycles. The van der Waals surface area contributed by atoms with Gasteiger partial charge in [0.2, 0.25) is 0 Å². The van der Waals surface area contributed by atoms with E-state index in [1.807, 2.05) is 25.1 Å². The molecule has 6 nitrogen and oxygen atoms in total. The Morgan fingerprint density at radius 2 is 1.86 bits per heavy atom. The number of carbonyl (C=O) groups excluding carboxylic acids is 1. The third-order valence-corrected chi connectivity index (χ3v) is 5.73. The van der Waals surface area contributed by atoms with E-state index < -0.39 is 17.6 Å². The van der Waals surface area contributed by atoms with Gasteiger partial charge in [0, 0.05) is 10.7 Å². The van der Waals surface area contributed by atoms with Gasteiger partial charge in [-0.3, -0.25) is 4.79 Å². The third-order valence-electron chi connectivity index (χ3n) is 4.67. The number of anilines is 1. The minimum Gasteiger partial charge on any atom is -0.490 e. The van der Waals surface area contributed by atoms with Crippen LogP contribution in [-0.2, 0) is 17.6 Å². The number of ether oxygens (including phenoxy) is 2. The second-order valence-electron chi connectivity index (χ2n) is 7.40. The van der Waals surface area contributed by atoms with Crippen LogP contribution in [0.25, 0.3) is 0 Å². The third kappa shape index (κ3) is 8.30. The minimum absolute atomic E-state index is 0.175. The molecule has 3 rings (SSSR count). The monoisotopic (exact) mass is 631 g/mol. The Hall–Kier alpha value is -2.99. The van der Waals surface area contributed by atoms with E-state index in [0.717, 1.165) is 21.3 Å². The highest BCUT2D eigenvalue weighted by atomic mass is 127. The first-order chi connectivity index (χ1) is 17.2. The molecule has 2 N–H and O–H groups in total. The fourth-order valence-electron chi connectivity index (χ4n) is 3.01. The van der Waals surface area contributed by atoms with Crippen molar-refractivity contribution in [3.63, 3.8) is 0 Å². The van der Waals surface area contributed by atoms with Gasteiger partial charge in [0.05, 0.1) is 28.5 Å². The summed E-state index contributed by atoms with van der Waals surface area (Å²) in [6, 6.07) is 15.5. The minimum atomic E-state index is -4.46. The lowest BCUT2D eigenvalue weighted by molar-refractivity contribution is -0.137. The Morgan fingerprint density at radius 3 is 2.56 bits per heavy atom. The maximum absolute atomic E-state index is 12.8. The van der Waals surface area contributed by atoms with Gasteiger partial charge >= 0.3 is 6.18 Å². The van der Waals surface area contributed by atoms with Crippen molar-refractivity contribution in [3.8, 4) is 11.5 Å². The molecule has 0 aliphatic carbocycles. The van der Waals surface area contributed by atoms with E-state index in [2.05, 4.69) is 38.4 Å². The molecule has 0 saturated carbocycles. The molecule has 0 atom stereocenters. The average Bonchev–Trinajstić information content (AvgIpc) is 2.83. The highest BCUT2D eigenvalue weighted by molar-refractivity contribution is 14.1. The predicted molar refractivity (Wildman–Crippen MR) is 142 cm³/mol. The summed E-state index contributed by atoms with van der Waals surface area (Å²) in [5.74, 6) is 0.586. The first-order valence-corrected chi connectivity index (χ1v) is 12.2. The van der Waals surface area contributed by atoms with Crippen molar-refractivity contribution in [3.05, 3.63) is 85.9 Å². The Labute approximate surface area is 225 Å². The summed E-state index contributed by atoms with van der Waals surface area (Å²) in [5, 5.41) is 7.22. The molecule has 11 heteroatoms. The highest BCUT2D eigenvalue weighted by Crippen LogP contribution is 2.34. The molecule has 0 aromatic heterocycles. The molecule has 0 heterocycles. The molecular weight excluding hydrogens is 610 g/mol. The lowest BCUT2D eigenvalue weighted by Gasteiger charge is -2.15. The van der Waals surface area contributed by atoms with Crippen LogP contribution in [0, 0.1) is 3.57 Å². The SMILES string of the molecule is CCOc1cc(/C=N\NC(=O)CNc2cccc(C(F)(F)F)c2)cc(I)c1OCc1ccc(Cl)cc1. The molecule has 1 amide bonds. The van der Waals surface area contributed by atoms with Crippen molar-refractivity contribution in [2.75, 3.05) is 18.5 Å². The molecule has 3 aromatic rings. The molecule has 3 aromatic carbocycles. The lowest BCUT2D eigenvalue weighted by Crippen LogP contribution is -2.26. The summed E-state index contributed by atoms with van der Waals surface area (Å²) >= 11 is 8.05. The molecule has 190 valence electrons.